The first-order chi connectivity index (χ1) is 16.0. The second-order valence-electron chi connectivity index (χ2n) is 9.66. The Labute approximate surface area is 200 Å². The minimum absolute atomic E-state index is 0.142. The number of aryl methyl sites for hydroxylation is 1. The van der Waals surface area contributed by atoms with Crippen molar-refractivity contribution in [2.24, 2.45) is 11.8 Å². The first kappa shape index (κ1) is 24.1. The molecule has 33 heavy (non-hydrogen) atoms. The molecule has 1 fully saturated rings. The third-order valence-corrected chi connectivity index (χ3v) is 7.70. The lowest BCUT2D eigenvalue weighted by molar-refractivity contribution is 0.249. The second kappa shape index (κ2) is 11.0. The van der Waals surface area contributed by atoms with Gasteiger partial charge in [0.1, 0.15) is 22.5 Å². The molecular weight excluding hydrogens is 441 g/mol. The minimum atomic E-state index is -0.892. The van der Waals surface area contributed by atoms with Crippen LogP contribution in [0.3, 0.4) is 0 Å². The zero-order chi connectivity index (χ0) is 23.4. The van der Waals surface area contributed by atoms with Crippen LogP contribution in [0, 0.1) is 29.3 Å². The maximum Gasteiger partial charge on any atom is 0.145 e. The lowest BCUT2D eigenvalue weighted by atomic mass is 9.77. The molecule has 0 N–H and O–H groups in total. The fraction of sp³-hybridized carbons (Fsp3) is 0.448. The van der Waals surface area contributed by atoms with Crippen molar-refractivity contribution < 1.29 is 13.2 Å². The summed E-state index contributed by atoms with van der Waals surface area (Å²) >= 11 is 5.56. The molecule has 0 spiro atoms. The third-order valence-electron chi connectivity index (χ3n) is 7.34. The molecule has 0 bridgehead atoms. The zero-order valence-corrected chi connectivity index (χ0v) is 20.0. The smallest absolute Gasteiger partial charge is 0.145 e. The molecule has 0 radical (unpaired) electrons. The largest absolute Gasteiger partial charge is 0.206 e. The summed E-state index contributed by atoms with van der Waals surface area (Å²) in [6.07, 6.45) is 13.0. The molecule has 1 saturated carbocycles. The molecule has 0 heterocycles. The molecule has 3 aromatic carbocycles. The number of rotatable bonds is 8. The SMILES string of the molecule is CCCCCC1CCC(CCc2ccc3c(F)c(-c4cc(F)c(Cl)c(F)c4)ccc3c2)CC1. The Morgan fingerprint density at radius 3 is 2.15 bits per heavy atom. The highest BCUT2D eigenvalue weighted by Crippen LogP contribution is 2.35. The topological polar surface area (TPSA) is 0 Å². The maximum absolute atomic E-state index is 15.2. The van der Waals surface area contributed by atoms with E-state index >= 15 is 4.39 Å². The van der Waals surface area contributed by atoms with Gasteiger partial charge >= 0.3 is 0 Å². The highest BCUT2D eigenvalue weighted by molar-refractivity contribution is 6.31. The van der Waals surface area contributed by atoms with Gasteiger partial charge < -0.3 is 0 Å². The summed E-state index contributed by atoms with van der Waals surface area (Å²) < 4.78 is 42.9. The molecule has 0 amide bonds. The summed E-state index contributed by atoms with van der Waals surface area (Å²) in [5.74, 6) is -0.542. The van der Waals surface area contributed by atoms with Gasteiger partial charge in [0.05, 0.1) is 0 Å². The average molecular weight is 473 g/mol. The summed E-state index contributed by atoms with van der Waals surface area (Å²) in [6, 6.07) is 11.4. The van der Waals surface area contributed by atoms with E-state index in [2.05, 4.69) is 6.92 Å². The van der Waals surface area contributed by atoms with Gasteiger partial charge in [-0.25, -0.2) is 13.2 Å². The molecule has 176 valence electrons. The summed E-state index contributed by atoms with van der Waals surface area (Å²) in [7, 11) is 0. The van der Waals surface area contributed by atoms with Crippen molar-refractivity contribution in [3.8, 4) is 11.1 Å². The monoisotopic (exact) mass is 472 g/mol. The van der Waals surface area contributed by atoms with E-state index in [0.29, 0.717) is 5.39 Å². The molecule has 1 aliphatic rings. The van der Waals surface area contributed by atoms with Gasteiger partial charge in [0.15, 0.2) is 0 Å². The number of hydrogen-bond acceptors (Lipinski definition) is 0. The molecule has 0 aliphatic heterocycles. The van der Waals surface area contributed by atoms with Gasteiger partial charge in [-0.2, -0.15) is 0 Å². The lowest BCUT2D eigenvalue weighted by Crippen LogP contribution is -2.15. The Morgan fingerprint density at radius 2 is 1.48 bits per heavy atom. The molecule has 1 aliphatic carbocycles. The van der Waals surface area contributed by atoms with Crippen molar-refractivity contribution in [3.05, 3.63) is 70.5 Å². The van der Waals surface area contributed by atoms with Gasteiger partial charge in [0.2, 0.25) is 0 Å². The van der Waals surface area contributed by atoms with E-state index in [1.165, 1.54) is 63.4 Å². The Bertz CT molecular complexity index is 1080. The van der Waals surface area contributed by atoms with Crippen LogP contribution in [0.2, 0.25) is 5.02 Å². The van der Waals surface area contributed by atoms with E-state index in [9.17, 15) is 8.78 Å². The molecular formula is C29H32ClF3. The van der Waals surface area contributed by atoms with E-state index < -0.39 is 22.5 Å². The van der Waals surface area contributed by atoms with Crippen molar-refractivity contribution in [2.75, 3.05) is 0 Å². The molecule has 0 unspecified atom stereocenters. The van der Waals surface area contributed by atoms with Crippen LogP contribution >= 0.6 is 11.6 Å². The Balaban J connectivity index is 1.41. The predicted octanol–water partition coefficient (Wildman–Crippen LogP) is 9.90. The van der Waals surface area contributed by atoms with Crippen LogP contribution in [0.1, 0.15) is 70.3 Å². The summed E-state index contributed by atoms with van der Waals surface area (Å²) in [5.41, 5.74) is 1.52. The van der Waals surface area contributed by atoms with E-state index in [-0.39, 0.29) is 11.1 Å². The average Bonchev–Trinajstić information content (AvgIpc) is 2.82. The molecule has 0 saturated heterocycles. The van der Waals surface area contributed by atoms with Crippen LogP contribution in [-0.4, -0.2) is 0 Å². The molecule has 4 rings (SSSR count). The first-order valence-corrected chi connectivity index (χ1v) is 12.7. The second-order valence-corrected chi connectivity index (χ2v) is 10.0. The van der Waals surface area contributed by atoms with Crippen molar-refractivity contribution in [2.45, 2.75) is 71.1 Å². The number of halogens is 4. The standard InChI is InChI=1S/C29H32ClF3/c1-2-3-4-5-19-6-8-20(9-7-19)10-11-21-12-14-24-22(16-21)13-15-25(29(24)33)23-17-26(31)28(30)27(32)18-23/h12-20H,2-11H2,1H3. The molecule has 0 aromatic heterocycles. The fourth-order valence-corrected chi connectivity index (χ4v) is 5.40. The van der Waals surface area contributed by atoms with Crippen molar-refractivity contribution in [3.63, 3.8) is 0 Å². The van der Waals surface area contributed by atoms with Crippen molar-refractivity contribution in [1.29, 1.82) is 0 Å². The number of fused-ring (bicyclic) bond motifs is 1. The Hall–Kier alpha value is -2.00. The van der Waals surface area contributed by atoms with E-state index in [1.807, 2.05) is 18.2 Å². The summed E-state index contributed by atoms with van der Waals surface area (Å²) in [4.78, 5) is 0. The normalized spacial score (nSPS) is 18.7. The first-order valence-electron chi connectivity index (χ1n) is 12.3. The summed E-state index contributed by atoms with van der Waals surface area (Å²) in [6.45, 7) is 2.26. The lowest BCUT2D eigenvalue weighted by Gasteiger charge is -2.28. The summed E-state index contributed by atoms with van der Waals surface area (Å²) in [5, 5.41) is 0.692. The van der Waals surface area contributed by atoms with Gasteiger partial charge in [-0.3, -0.25) is 0 Å². The number of unbranched alkanes of at least 4 members (excludes halogenated alkanes) is 2. The van der Waals surface area contributed by atoms with Gasteiger partial charge in [0.25, 0.3) is 0 Å². The van der Waals surface area contributed by atoms with Crippen molar-refractivity contribution >= 4 is 22.4 Å². The van der Waals surface area contributed by atoms with Crippen LogP contribution < -0.4 is 0 Å². The zero-order valence-electron chi connectivity index (χ0n) is 19.3. The molecule has 3 aromatic rings. The van der Waals surface area contributed by atoms with Crippen molar-refractivity contribution in [1.82, 2.24) is 0 Å². The van der Waals surface area contributed by atoms with Crippen LogP contribution in [0.15, 0.2) is 42.5 Å². The van der Waals surface area contributed by atoms with E-state index in [1.54, 1.807) is 12.1 Å². The maximum atomic E-state index is 15.2. The van der Waals surface area contributed by atoms with Gasteiger partial charge in [-0.15, -0.1) is 0 Å². The van der Waals surface area contributed by atoms with Crippen LogP contribution in [-0.2, 0) is 6.42 Å². The van der Waals surface area contributed by atoms with Crippen LogP contribution in [0.25, 0.3) is 21.9 Å². The van der Waals surface area contributed by atoms with Crippen LogP contribution in [0.5, 0.6) is 0 Å². The Kier molecular flexibility index (Phi) is 8.01. The number of benzene rings is 3. The minimum Gasteiger partial charge on any atom is -0.206 e. The highest BCUT2D eigenvalue weighted by Gasteiger charge is 2.21. The quantitative estimate of drug-likeness (QED) is 0.226. The highest BCUT2D eigenvalue weighted by atomic mass is 35.5. The van der Waals surface area contributed by atoms with E-state index in [0.717, 1.165) is 35.8 Å². The van der Waals surface area contributed by atoms with Gasteiger partial charge in [0, 0.05) is 10.9 Å². The molecule has 0 nitrogen and oxygen atoms in total. The van der Waals surface area contributed by atoms with E-state index in [4.69, 9.17) is 11.6 Å². The molecule has 4 heteroatoms. The Morgan fingerprint density at radius 1 is 0.818 bits per heavy atom. The van der Waals surface area contributed by atoms with Gasteiger partial charge in [-0.1, -0.05) is 100 Å². The molecule has 0 atom stereocenters. The van der Waals surface area contributed by atoms with Crippen LogP contribution in [0.4, 0.5) is 13.2 Å². The third kappa shape index (κ3) is 5.74. The van der Waals surface area contributed by atoms with Gasteiger partial charge in [-0.05, 0) is 53.3 Å². The fourth-order valence-electron chi connectivity index (χ4n) is 5.29. The number of hydrogen-bond donors (Lipinski definition) is 0. The predicted molar refractivity (Wildman–Crippen MR) is 132 cm³/mol.